The average Bonchev–Trinajstić information content (AvgIpc) is 2.17. The number of hydrogen-bond donors (Lipinski definition) is 0. The first-order valence-corrected chi connectivity index (χ1v) is 5.58. The first-order chi connectivity index (χ1) is 7.17. The number of rotatable bonds is 5. The summed E-state index contributed by atoms with van der Waals surface area (Å²) < 4.78 is 17.3. The van der Waals surface area contributed by atoms with E-state index in [0.717, 1.165) is 0 Å². The van der Waals surface area contributed by atoms with E-state index in [2.05, 4.69) is 20.7 Å². The maximum atomic E-state index is 11.9. The third-order valence-corrected chi connectivity index (χ3v) is 2.38. The van der Waals surface area contributed by atoms with Crippen LogP contribution in [-0.4, -0.2) is 18.5 Å². The molecule has 0 bridgehead atoms. The Kier molecular flexibility index (Phi) is 5.05. The summed E-state index contributed by atoms with van der Waals surface area (Å²) in [5, 5.41) is 0. The molecule has 0 aromatic heterocycles. The zero-order chi connectivity index (χ0) is 11.3. The maximum absolute atomic E-state index is 11.9. The minimum atomic E-state index is -0.917. The fraction of sp³-hybridized carbons (Fsp3) is 0.300. The molecule has 1 aromatic carbocycles. The molecule has 0 aliphatic carbocycles. The van der Waals surface area contributed by atoms with Gasteiger partial charge in [-0.05, 0) is 18.2 Å². The molecule has 0 radical (unpaired) electrons. The van der Waals surface area contributed by atoms with Gasteiger partial charge in [0.1, 0.15) is 5.75 Å². The van der Waals surface area contributed by atoms with Gasteiger partial charge in [0, 0.05) is 22.3 Å². The normalized spacial score (nSPS) is 10.1. The lowest BCUT2D eigenvalue weighted by atomic mass is 10.1. The van der Waals surface area contributed by atoms with E-state index in [1.807, 2.05) is 0 Å². The van der Waals surface area contributed by atoms with Gasteiger partial charge < -0.3 is 4.74 Å². The first-order valence-electron chi connectivity index (χ1n) is 4.26. The second-order valence-electron chi connectivity index (χ2n) is 2.79. The molecule has 0 fully saturated rings. The number of alkyl halides is 2. The van der Waals surface area contributed by atoms with Crippen LogP contribution in [0.25, 0.3) is 0 Å². The summed E-state index contributed by atoms with van der Waals surface area (Å²) >= 11 is 8.68. The van der Waals surface area contributed by atoms with Crippen LogP contribution in [0.4, 0.5) is 4.39 Å². The molecule has 0 N–H and O–H groups in total. The van der Waals surface area contributed by atoms with E-state index in [9.17, 15) is 9.18 Å². The molecule has 1 rings (SSSR count). The molecule has 0 heterocycles. The summed E-state index contributed by atoms with van der Waals surface area (Å²) in [7, 11) is 0. The largest absolute Gasteiger partial charge is 0.463 e. The van der Waals surface area contributed by atoms with E-state index in [1.165, 1.54) is 6.07 Å². The second kappa shape index (κ2) is 6.08. The lowest BCUT2D eigenvalue weighted by molar-refractivity contribution is 0.0988. The number of benzene rings is 1. The standard InChI is InChI=1S/C10H9BrClFO2/c11-8-3-7(10(14)1-2-12)4-9(5-8)15-6-13/h3-5H,1-2,6H2. The maximum Gasteiger partial charge on any atom is 0.228 e. The molecule has 0 atom stereocenters. The van der Waals surface area contributed by atoms with Crippen LogP contribution >= 0.6 is 27.5 Å². The van der Waals surface area contributed by atoms with Crippen molar-refractivity contribution in [3.05, 3.63) is 28.2 Å². The van der Waals surface area contributed by atoms with E-state index in [0.29, 0.717) is 15.8 Å². The van der Waals surface area contributed by atoms with Crippen molar-refractivity contribution in [2.75, 3.05) is 12.7 Å². The van der Waals surface area contributed by atoms with Gasteiger partial charge in [0.2, 0.25) is 6.86 Å². The van der Waals surface area contributed by atoms with Gasteiger partial charge in [-0.3, -0.25) is 4.79 Å². The minimum Gasteiger partial charge on any atom is -0.463 e. The third-order valence-electron chi connectivity index (χ3n) is 1.74. The summed E-state index contributed by atoms with van der Waals surface area (Å²) in [6.45, 7) is -0.917. The molecule has 0 spiro atoms. The number of hydrogen-bond acceptors (Lipinski definition) is 2. The van der Waals surface area contributed by atoms with E-state index >= 15 is 0 Å². The van der Waals surface area contributed by atoms with Crippen molar-refractivity contribution >= 4 is 33.3 Å². The predicted molar refractivity (Wildman–Crippen MR) is 60.4 cm³/mol. The predicted octanol–water partition coefficient (Wildman–Crippen LogP) is 3.57. The number of ether oxygens (including phenoxy) is 1. The zero-order valence-corrected chi connectivity index (χ0v) is 10.1. The van der Waals surface area contributed by atoms with Crippen LogP contribution in [0.1, 0.15) is 16.8 Å². The second-order valence-corrected chi connectivity index (χ2v) is 4.08. The first kappa shape index (κ1) is 12.5. The average molecular weight is 296 g/mol. The lowest BCUT2D eigenvalue weighted by Gasteiger charge is -2.05. The van der Waals surface area contributed by atoms with Crippen LogP contribution in [0, 0.1) is 0 Å². The Morgan fingerprint density at radius 1 is 1.47 bits per heavy atom. The van der Waals surface area contributed by atoms with Crippen molar-refractivity contribution in [3.8, 4) is 5.75 Å². The van der Waals surface area contributed by atoms with Crippen molar-refractivity contribution in [3.63, 3.8) is 0 Å². The molecular weight excluding hydrogens is 286 g/mol. The van der Waals surface area contributed by atoms with Crippen molar-refractivity contribution in [1.82, 2.24) is 0 Å². The van der Waals surface area contributed by atoms with Crippen LogP contribution in [0.2, 0.25) is 0 Å². The quantitative estimate of drug-likeness (QED) is 0.613. The number of halogens is 3. The Bertz CT molecular complexity index is 357. The Morgan fingerprint density at radius 2 is 2.20 bits per heavy atom. The summed E-state index contributed by atoms with van der Waals surface area (Å²) in [6, 6.07) is 4.75. The Labute approximate surface area is 101 Å². The fourth-order valence-corrected chi connectivity index (χ4v) is 1.74. The molecule has 0 saturated carbocycles. The van der Waals surface area contributed by atoms with Gasteiger partial charge in [0.05, 0.1) is 0 Å². The Hall–Kier alpha value is -0.610. The number of carbonyl (C=O) groups is 1. The molecule has 0 aliphatic heterocycles. The summed E-state index contributed by atoms with van der Waals surface area (Å²) in [5.41, 5.74) is 0.466. The number of ketones is 1. The minimum absolute atomic E-state index is 0.0880. The Morgan fingerprint density at radius 3 is 2.80 bits per heavy atom. The molecular formula is C10H9BrClFO2. The molecule has 5 heteroatoms. The summed E-state index contributed by atoms with van der Waals surface area (Å²) in [4.78, 5) is 11.5. The topological polar surface area (TPSA) is 26.3 Å². The van der Waals surface area contributed by atoms with Gasteiger partial charge in [-0.2, -0.15) is 0 Å². The molecule has 2 nitrogen and oxygen atoms in total. The molecule has 82 valence electrons. The lowest BCUT2D eigenvalue weighted by Crippen LogP contribution is -2.01. The number of carbonyl (C=O) groups excluding carboxylic acids is 1. The van der Waals surface area contributed by atoms with Crippen molar-refractivity contribution in [2.24, 2.45) is 0 Å². The fourth-order valence-electron chi connectivity index (χ4n) is 1.10. The van der Waals surface area contributed by atoms with Crippen molar-refractivity contribution in [1.29, 1.82) is 0 Å². The highest BCUT2D eigenvalue weighted by atomic mass is 79.9. The van der Waals surface area contributed by atoms with Crippen LogP contribution < -0.4 is 4.74 Å². The summed E-state index contributed by atoms with van der Waals surface area (Å²) in [6.07, 6.45) is 0.257. The van der Waals surface area contributed by atoms with Gasteiger partial charge in [-0.1, -0.05) is 15.9 Å². The molecule has 0 aliphatic rings. The van der Waals surface area contributed by atoms with Gasteiger partial charge >= 0.3 is 0 Å². The summed E-state index contributed by atoms with van der Waals surface area (Å²) in [5.74, 6) is 0.504. The van der Waals surface area contributed by atoms with E-state index in [4.69, 9.17) is 11.6 Å². The molecule has 0 saturated heterocycles. The van der Waals surface area contributed by atoms with E-state index in [1.54, 1.807) is 12.1 Å². The van der Waals surface area contributed by atoms with Crippen molar-refractivity contribution in [2.45, 2.75) is 6.42 Å². The molecule has 15 heavy (non-hydrogen) atoms. The smallest absolute Gasteiger partial charge is 0.228 e. The monoisotopic (exact) mass is 294 g/mol. The Balaban J connectivity index is 2.92. The van der Waals surface area contributed by atoms with E-state index in [-0.39, 0.29) is 18.1 Å². The van der Waals surface area contributed by atoms with Crippen molar-refractivity contribution < 1.29 is 13.9 Å². The van der Waals surface area contributed by atoms with Crippen LogP contribution in [0.3, 0.4) is 0 Å². The molecule has 0 unspecified atom stereocenters. The van der Waals surface area contributed by atoms with E-state index < -0.39 is 6.86 Å². The highest BCUT2D eigenvalue weighted by Crippen LogP contribution is 2.22. The van der Waals surface area contributed by atoms with Crippen LogP contribution in [0.5, 0.6) is 5.75 Å². The third kappa shape index (κ3) is 3.80. The van der Waals surface area contributed by atoms with Crippen LogP contribution in [0.15, 0.2) is 22.7 Å². The van der Waals surface area contributed by atoms with Gasteiger partial charge in [0.25, 0.3) is 0 Å². The number of Topliss-reactive ketones (excluding diaryl/α,β-unsaturated/α-hetero) is 1. The highest BCUT2D eigenvalue weighted by Gasteiger charge is 2.08. The van der Waals surface area contributed by atoms with Crippen LogP contribution in [-0.2, 0) is 0 Å². The molecule has 0 amide bonds. The molecule has 1 aromatic rings. The van der Waals surface area contributed by atoms with Gasteiger partial charge in [-0.15, -0.1) is 11.6 Å². The van der Waals surface area contributed by atoms with Gasteiger partial charge in [0.15, 0.2) is 5.78 Å². The zero-order valence-electron chi connectivity index (χ0n) is 7.80. The van der Waals surface area contributed by atoms with Gasteiger partial charge in [-0.25, -0.2) is 4.39 Å². The SMILES string of the molecule is O=C(CCCl)c1cc(Br)cc(OCF)c1. The highest BCUT2D eigenvalue weighted by molar-refractivity contribution is 9.10.